The summed E-state index contributed by atoms with van der Waals surface area (Å²) in [6, 6.07) is -1.12. The van der Waals surface area contributed by atoms with Gasteiger partial charge in [0.05, 0.1) is 0 Å². The van der Waals surface area contributed by atoms with Gasteiger partial charge in [-0.15, -0.1) is 0 Å². The van der Waals surface area contributed by atoms with E-state index in [4.69, 9.17) is 15.9 Å². The summed E-state index contributed by atoms with van der Waals surface area (Å²) in [5.41, 5.74) is 4.84. The smallest absolute Gasteiger partial charge is 0.320 e. The summed E-state index contributed by atoms with van der Waals surface area (Å²) in [4.78, 5) is 20.0. The van der Waals surface area contributed by atoms with Crippen LogP contribution in [0, 0.1) is 5.92 Å². The van der Waals surface area contributed by atoms with Crippen LogP contribution in [-0.4, -0.2) is 41.3 Å². The van der Waals surface area contributed by atoms with Crippen LogP contribution in [0.5, 0.6) is 0 Å². The fourth-order valence-corrected chi connectivity index (χ4v) is 0.814. The summed E-state index contributed by atoms with van der Waals surface area (Å²) >= 11 is 0. The van der Waals surface area contributed by atoms with E-state index < -0.39 is 18.0 Å². The van der Waals surface area contributed by atoms with Crippen molar-refractivity contribution in [3.63, 3.8) is 0 Å². The van der Waals surface area contributed by atoms with E-state index in [0.29, 0.717) is 12.3 Å². The van der Waals surface area contributed by atoms with Gasteiger partial charge in [-0.2, -0.15) is 0 Å². The van der Waals surface area contributed by atoms with Crippen molar-refractivity contribution >= 4 is 11.9 Å². The molecule has 0 amide bonds. The van der Waals surface area contributed by atoms with Crippen LogP contribution in [0.4, 0.5) is 0 Å². The van der Waals surface area contributed by atoms with Crippen LogP contribution in [-0.2, 0) is 9.59 Å². The lowest BCUT2D eigenvalue weighted by molar-refractivity contribution is -0.140. The lowest BCUT2D eigenvalue weighted by Crippen LogP contribution is -2.34. The van der Waals surface area contributed by atoms with Gasteiger partial charge in [-0.1, -0.05) is 13.8 Å². The van der Waals surface area contributed by atoms with Crippen LogP contribution in [0.2, 0.25) is 0 Å². The topological polar surface area (TPSA) is 113 Å². The summed E-state index contributed by atoms with van der Waals surface area (Å²) < 4.78 is 0. The van der Waals surface area contributed by atoms with E-state index in [1.807, 2.05) is 13.8 Å². The van der Waals surface area contributed by atoms with Gasteiger partial charge in [0.2, 0.25) is 0 Å². The zero-order valence-electron chi connectivity index (χ0n) is 10.2. The molecule has 0 radical (unpaired) electrons. The molecule has 0 aromatic heterocycles. The average molecular weight is 234 g/mol. The summed E-state index contributed by atoms with van der Waals surface area (Å²) in [6.45, 7) is 5.43. The number of hydrogen-bond donors (Lipinski definition) is 4. The number of hydrogen-bond acceptors (Lipinski definition) is 4. The fourth-order valence-electron chi connectivity index (χ4n) is 0.814. The summed E-state index contributed by atoms with van der Waals surface area (Å²) in [7, 11) is 1.67. The number of likely N-dealkylation sites (N-methyl/N-ethyl adjacent to an activating group) is 1. The predicted molar refractivity (Wildman–Crippen MR) is 61.2 cm³/mol. The lowest BCUT2D eigenvalue weighted by Gasteiger charge is -2.12. The zero-order chi connectivity index (χ0) is 13.3. The van der Waals surface area contributed by atoms with E-state index >= 15 is 0 Å². The largest absolute Gasteiger partial charge is 0.480 e. The van der Waals surface area contributed by atoms with Crippen molar-refractivity contribution in [2.24, 2.45) is 11.7 Å². The van der Waals surface area contributed by atoms with Gasteiger partial charge in [0.15, 0.2) is 0 Å². The van der Waals surface area contributed by atoms with Gasteiger partial charge in [0, 0.05) is 0 Å². The van der Waals surface area contributed by atoms with Gasteiger partial charge in [-0.25, -0.2) is 0 Å². The van der Waals surface area contributed by atoms with Gasteiger partial charge in [-0.3, -0.25) is 9.59 Å². The molecule has 0 fully saturated rings. The third-order valence-electron chi connectivity index (χ3n) is 1.74. The molecule has 0 saturated carbocycles. The molecule has 0 aliphatic rings. The van der Waals surface area contributed by atoms with Crippen LogP contribution < -0.4 is 11.1 Å². The molecule has 0 rings (SSSR count). The fraction of sp³-hybridized carbons (Fsp3) is 0.800. The molecule has 2 atom stereocenters. The molecule has 0 unspecified atom stereocenters. The number of nitrogens with two attached hydrogens (primary N) is 1. The Bertz CT molecular complexity index is 217. The van der Waals surface area contributed by atoms with Crippen molar-refractivity contribution < 1.29 is 19.8 Å². The van der Waals surface area contributed by atoms with Gasteiger partial charge >= 0.3 is 11.9 Å². The van der Waals surface area contributed by atoms with Crippen molar-refractivity contribution in [3.05, 3.63) is 0 Å². The van der Waals surface area contributed by atoms with Gasteiger partial charge < -0.3 is 21.3 Å². The van der Waals surface area contributed by atoms with Crippen LogP contribution in [0.1, 0.15) is 27.2 Å². The molecule has 16 heavy (non-hydrogen) atoms. The average Bonchev–Trinajstić information content (AvgIpc) is 2.14. The highest BCUT2D eigenvalue weighted by Gasteiger charge is 2.15. The number of aliphatic carboxylic acids is 2. The molecule has 0 bridgehead atoms. The zero-order valence-corrected chi connectivity index (χ0v) is 10.2. The Morgan fingerprint density at radius 1 is 1.19 bits per heavy atom. The first-order chi connectivity index (χ1) is 7.22. The second kappa shape index (κ2) is 9.11. The molecule has 6 nitrogen and oxygen atoms in total. The third kappa shape index (κ3) is 10.9. The highest BCUT2D eigenvalue weighted by Crippen LogP contribution is 2.03. The highest BCUT2D eigenvalue weighted by molar-refractivity contribution is 5.73. The standard InChI is InChI=1S/C7H15NO2.C3H7NO2/c1-5(2)4-6(8-3)7(9)10;1-2(4)3(5)6/h5-6,8H,4H2,1-3H3,(H,9,10);2H,4H2,1H3,(H,5,6)/t6-;2-/m00/s1. The first-order valence-electron chi connectivity index (χ1n) is 5.10. The third-order valence-corrected chi connectivity index (χ3v) is 1.74. The van der Waals surface area contributed by atoms with E-state index in [2.05, 4.69) is 5.32 Å². The SMILES string of the molecule is CN[C@@H](CC(C)C)C(=O)O.C[C@H](N)C(=O)O. The predicted octanol–water partition coefficient (Wildman–Crippen LogP) is 0.123. The van der Waals surface area contributed by atoms with E-state index in [9.17, 15) is 9.59 Å². The molecule has 0 heterocycles. The molecule has 6 heteroatoms. The minimum atomic E-state index is -0.963. The summed E-state index contributed by atoms with van der Waals surface area (Å²) in [5.74, 6) is -1.31. The Hall–Kier alpha value is -1.14. The van der Waals surface area contributed by atoms with E-state index in [1.54, 1.807) is 7.05 Å². The maximum Gasteiger partial charge on any atom is 0.320 e. The quantitative estimate of drug-likeness (QED) is 0.537. The van der Waals surface area contributed by atoms with Crippen molar-refractivity contribution in [2.75, 3.05) is 7.05 Å². The molecule has 0 saturated heterocycles. The number of rotatable bonds is 5. The molecule has 0 spiro atoms. The minimum Gasteiger partial charge on any atom is -0.480 e. The van der Waals surface area contributed by atoms with E-state index in [-0.39, 0.29) is 6.04 Å². The molecular weight excluding hydrogens is 212 g/mol. The molecule has 0 aliphatic heterocycles. The summed E-state index contributed by atoms with van der Waals surface area (Å²) in [5, 5.41) is 19.2. The Morgan fingerprint density at radius 2 is 1.56 bits per heavy atom. The van der Waals surface area contributed by atoms with Crippen molar-refractivity contribution in [1.82, 2.24) is 5.32 Å². The molecule has 96 valence electrons. The Labute approximate surface area is 95.8 Å². The summed E-state index contributed by atoms with van der Waals surface area (Å²) in [6.07, 6.45) is 0.686. The van der Waals surface area contributed by atoms with Crippen molar-refractivity contribution in [1.29, 1.82) is 0 Å². The second-order valence-electron chi connectivity index (χ2n) is 3.94. The Balaban J connectivity index is 0. The van der Waals surface area contributed by atoms with Crippen LogP contribution in [0.3, 0.4) is 0 Å². The molecule has 0 aromatic carbocycles. The number of carboxylic acid groups (broad SMARTS) is 2. The van der Waals surface area contributed by atoms with E-state index in [0.717, 1.165) is 0 Å². The first kappa shape index (κ1) is 17.3. The maximum absolute atomic E-state index is 10.4. The van der Waals surface area contributed by atoms with Crippen molar-refractivity contribution in [2.45, 2.75) is 39.3 Å². The number of carboxylic acids is 2. The van der Waals surface area contributed by atoms with Crippen LogP contribution in [0.25, 0.3) is 0 Å². The molecular formula is C10H22N2O4. The van der Waals surface area contributed by atoms with Gasteiger partial charge in [0.25, 0.3) is 0 Å². The molecule has 5 N–H and O–H groups in total. The molecule has 0 aliphatic carbocycles. The Kier molecular flexibility index (Phi) is 9.83. The first-order valence-corrected chi connectivity index (χ1v) is 5.10. The number of carbonyl (C=O) groups is 2. The Morgan fingerprint density at radius 3 is 1.62 bits per heavy atom. The second-order valence-corrected chi connectivity index (χ2v) is 3.94. The van der Waals surface area contributed by atoms with Gasteiger partial charge in [-0.05, 0) is 26.3 Å². The maximum atomic E-state index is 10.4. The molecule has 0 aromatic rings. The monoisotopic (exact) mass is 234 g/mol. The van der Waals surface area contributed by atoms with Crippen LogP contribution >= 0.6 is 0 Å². The van der Waals surface area contributed by atoms with E-state index in [1.165, 1.54) is 6.92 Å². The minimum absolute atomic E-state index is 0.389. The normalized spacial score (nSPS) is 13.6. The number of nitrogens with one attached hydrogen (secondary N) is 1. The van der Waals surface area contributed by atoms with Crippen molar-refractivity contribution in [3.8, 4) is 0 Å². The van der Waals surface area contributed by atoms with Gasteiger partial charge in [0.1, 0.15) is 12.1 Å². The lowest BCUT2D eigenvalue weighted by atomic mass is 10.0. The van der Waals surface area contributed by atoms with Crippen LogP contribution in [0.15, 0.2) is 0 Å². The highest BCUT2D eigenvalue weighted by atomic mass is 16.4.